The van der Waals surface area contributed by atoms with Gasteiger partial charge in [0.25, 0.3) is 0 Å². The molecule has 0 saturated carbocycles. The van der Waals surface area contributed by atoms with Crippen molar-refractivity contribution in [3.05, 3.63) is 72.9 Å². The number of unbranched alkanes of at least 4 members (excludes halogenated alkanes) is 20. The predicted molar refractivity (Wildman–Crippen MR) is 238 cm³/mol. The second-order valence-electron chi connectivity index (χ2n) is 15.0. The van der Waals surface area contributed by atoms with E-state index >= 15 is 0 Å². The topological polar surface area (TPSA) is 78.9 Å². The quantitative estimate of drug-likeness (QED) is 0.0203. The second-order valence-corrected chi connectivity index (χ2v) is 15.0. The van der Waals surface area contributed by atoms with E-state index in [1.807, 2.05) is 24.3 Å². The van der Waals surface area contributed by atoms with Crippen LogP contribution in [0.4, 0.5) is 0 Å². The van der Waals surface area contributed by atoms with Gasteiger partial charge in [0, 0.05) is 19.3 Å². The van der Waals surface area contributed by atoms with Gasteiger partial charge in [-0.3, -0.25) is 14.4 Å². The molecule has 0 radical (unpaired) electrons. The number of carbonyl (C=O) groups excluding carboxylic acids is 3. The fourth-order valence-electron chi connectivity index (χ4n) is 6.01. The lowest BCUT2D eigenvalue weighted by Gasteiger charge is -2.18. The van der Waals surface area contributed by atoms with Crippen molar-refractivity contribution in [3.63, 3.8) is 0 Å². The first-order chi connectivity index (χ1) is 27.5. The molecule has 0 aliphatic rings. The van der Waals surface area contributed by atoms with E-state index in [2.05, 4.69) is 69.4 Å². The number of hydrogen-bond acceptors (Lipinski definition) is 6. The Bertz CT molecular complexity index is 1080. The molecule has 0 spiro atoms. The molecule has 6 heteroatoms. The minimum absolute atomic E-state index is 0.0962. The summed E-state index contributed by atoms with van der Waals surface area (Å²) in [6.45, 7) is 6.38. The van der Waals surface area contributed by atoms with Gasteiger partial charge in [-0.2, -0.15) is 0 Å². The van der Waals surface area contributed by atoms with Gasteiger partial charge in [0.1, 0.15) is 13.2 Å². The highest BCUT2D eigenvalue weighted by atomic mass is 16.6. The van der Waals surface area contributed by atoms with E-state index in [4.69, 9.17) is 14.2 Å². The molecule has 0 aliphatic heterocycles. The van der Waals surface area contributed by atoms with Crippen molar-refractivity contribution >= 4 is 17.9 Å². The van der Waals surface area contributed by atoms with Crippen LogP contribution in [0.25, 0.3) is 0 Å². The van der Waals surface area contributed by atoms with Crippen molar-refractivity contribution < 1.29 is 28.6 Å². The molecule has 0 saturated heterocycles. The largest absolute Gasteiger partial charge is 0.462 e. The Morgan fingerprint density at radius 3 is 1.21 bits per heavy atom. The molecule has 0 aromatic carbocycles. The average Bonchev–Trinajstić information content (AvgIpc) is 3.19. The first kappa shape index (κ1) is 52.9. The SMILES string of the molecule is CC\C=C/C=C\C=C/C=C\CCCCCCCC(=O)OCC(COC(=O)CCCCCC/C=C\CCCC)OC(=O)CCCCC/C=C\CCCCCCCC. The summed E-state index contributed by atoms with van der Waals surface area (Å²) in [7, 11) is 0. The number of carbonyl (C=O) groups is 3. The standard InChI is InChI=1S/C50H84O6/c1-4-7-10-13-16-19-22-24-25-27-28-31-34-37-40-43-49(52)55-46-47(45-54-48(51)42-39-36-33-30-21-18-15-12-9-6-3)56-50(53)44-41-38-35-32-29-26-23-20-17-14-11-8-5-2/h7,10,13,15-16,18-19,22,24-26,29,47H,4-6,8-9,11-12,14,17,20-21,23,27-28,30-46H2,1-3H3/b10-7-,16-13-,18-15-,22-19-,25-24-,29-26-. The van der Waals surface area contributed by atoms with Gasteiger partial charge in [0.05, 0.1) is 0 Å². The summed E-state index contributed by atoms with van der Waals surface area (Å²) in [6, 6.07) is 0. The zero-order valence-electron chi connectivity index (χ0n) is 36.4. The molecule has 0 N–H and O–H groups in total. The predicted octanol–water partition coefficient (Wildman–Crippen LogP) is 14.7. The van der Waals surface area contributed by atoms with E-state index in [1.165, 1.54) is 51.4 Å². The minimum Gasteiger partial charge on any atom is -0.462 e. The lowest BCUT2D eigenvalue weighted by Crippen LogP contribution is -2.30. The summed E-state index contributed by atoms with van der Waals surface area (Å²) in [4.78, 5) is 37.7. The third-order valence-corrected chi connectivity index (χ3v) is 9.51. The van der Waals surface area contributed by atoms with Crippen molar-refractivity contribution in [1.29, 1.82) is 0 Å². The number of rotatable bonds is 40. The highest BCUT2D eigenvalue weighted by Crippen LogP contribution is 2.13. The van der Waals surface area contributed by atoms with Crippen LogP contribution in [0.15, 0.2) is 72.9 Å². The molecular formula is C50H84O6. The minimum atomic E-state index is -0.795. The van der Waals surface area contributed by atoms with Crippen molar-refractivity contribution in [1.82, 2.24) is 0 Å². The molecule has 0 aromatic heterocycles. The van der Waals surface area contributed by atoms with Crippen LogP contribution >= 0.6 is 0 Å². The van der Waals surface area contributed by atoms with Gasteiger partial charge in [-0.05, 0) is 83.5 Å². The number of ether oxygens (including phenoxy) is 3. The molecule has 56 heavy (non-hydrogen) atoms. The van der Waals surface area contributed by atoms with Gasteiger partial charge >= 0.3 is 17.9 Å². The first-order valence-electron chi connectivity index (χ1n) is 23.0. The fourth-order valence-corrected chi connectivity index (χ4v) is 6.01. The van der Waals surface area contributed by atoms with Crippen LogP contribution < -0.4 is 0 Å². The van der Waals surface area contributed by atoms with Crippen molar-refractivity contribution in [2.75, 3.05) is 13.2 Å². The fraction of sp³-hybridized carbons (Fsp3) is 0.700. The maximum absolute atomic E-state index is 12.7. The lowest BCUT2D eigenvalue weighted by molar-refractivity contribution is -0.167. The zero-order chi connectivity index (χ0) is 40.8. The van der Waals surface area contributed by atoms with Crippen LogP contribution in [-0.4, -0.2) is 37.2 Å². The number of hydrogen-bond donors (Lipinski definition) is 0. The highest BCUT2D eigenvalue weighted by molar-refractivity contribution is 5.71. The highest BCUT2D eigenvalue weighted by Gasteiger charge is 2.19. The molecule has 0 heterocycles. The van der Waals surface area contributed by atoms with Crippen LogP contribution in [-0.2, 0) is 28.6 Å². The van der Waals surface area contributed by atoms with Gasteiger partial charge in [-0.25, -0.2) is 0 Å². The molecule has 0 aliphatic carbocycles. The molecule has 0 bridgehead atoms. The molecule has 0 amide bonds. The smallest absolute Gasteiger partial charge is 0.306 e. The third-order valence-electron chi connectivity index (χ3n) is 9.51. The van der Waals surface area contributed by atoms with Crippen LogP contribution in [0.3, 0.4) is 0 Å². The Balaban J connectivity index is 4.46. The van der Waals surface area contributed by atoms with Crippen molar-refractivity contribution in [3.8, 4) is 0 Å². The normalized spacial score (nSPS) is 12.7. The Kier molecular flexibility index (Phi) is 42.1. The van der Waals surface area contributed by atoms with Crippen molar-refractivity contribution in [2.45, 2.75) is 213 Å². The molecule has 320 valence electrons. The Hall–Kier alpha value is -3.15. The summed E-state index contributed by atoms with van der Waals surface area (Å²) in [5.74, 6) is -0.955. The monoisotopic (exact) mass is 781 g/mol. The molecule has 6 nitrogen and oxygen atoms in total. The van der Waals surface area contributed by atoms with Gasteiger partial charge in [0.15, 0.2) is 6.10 Å². The maximum atomic E-state index is 12.7. The Morgan fingerprint density at radius 2 is 0.732 bits per heavy atom. The van der Waals surface area contributed by atoms with Gasteiger partial charge < -0.3 is 14.2 Å². The van der Waals surface area contributed by atoms with Gasteiger partial charge in [-0.1, -0.05) is 177 Å². The summed E-state index contributed by atoms with van der Waals surface area (Å²) < 4.78 is 16.7. The van der Waals surface area contributed by atoms with Crippen LogP contribution in [0.5, 0.6) is 0 Å². The molecule has 0 fully saturated rings. The van der Waals surface area contributed by atoms with Crippen LogP contribution in [0, 0.1) is 0 Å². The van der Waals surface area contributed by atoms with Gasteiger partial charge in [-0.15, -0.1) is 0 Å². The second kappa shape index (κ2) is 44.6. The van der Waals surface area contributed by atoms with E-state index in [0.29, 0.717) is 19.3 Å². The number of esters is 3. The molecule has 1 unspecified atom stereocenters. The molecule has 0 aromatic rings. The lowest BCUT2D eigenvalue weighted by atomic mass is 10.1. The zero-order valence-corrected chi connectivity index (χ0v) is 36.4. The average molecular weight is 781 g/mol. The summed E-state index contributed by atoms with van der Waals surface area (Å²) >= 11 is 0. The molecule has 1 atom stereocenters. The van der Waals surface area contributed by atoms with E-state index in [1.54, 1.807) is 0 Å². The Morgan fingerprint density at radius 1 is 0.375 bits per heavy atom. The maximum Gasteiger partial charge on any atom is 0.306 e. The summed E-state index contributed by atoms with van der Waals surface area (Å²) in [5, 5.41) is 0. The summed E-state index contributed by atoms with van der Waals surface area (Å²) in [5.41, 5.74) is 0. The Labute approximate surface area is 344 Å². The van der Waals surface area contributed by atoms with Crippen LogP contribution in [0.2, 0.25) is 0 Å². The van der Waals surface area contributed by atoms with E-state index < -0.39 is 6.10 Å². The van der Waals surface area contributed by atoms with E-state index in [9.17, 15) is 14.4 Å². The number of allylic oxidation sites excluding steroid dienone is 12. The molecule has 0 rings (SSSR count). The van der Waals surface area contributed by atoms with Crippen LogP contribution in [0.1, 0.15) is 207 Å². The van der Waals surface area contributed by atoms with E-state index in [-0.39, 0.29) is 31.1 Å². The van der Waals surface area contributed by atoms with Gasteiger partial charge in [0.2, 0.25) is 0 Å². The summed E-state index contributed by atoms with van der Waals surface area (Å²) in [6.07, 6.45) is 54.5. The van der Waals surface area contributed by atoms with Crippen molar-refractivity contribution in [2.24, 2.45) is 0 Å². The first-order valence-corrected chi connectivity index (χ1v) is 23.0. The van der Waals surface area contributed by atoms with E-state index in [0.717, 1.165) is 116 Å². The molecular weight excluding hydrogens is 697 g/mol. The third kappa shape index (κ3) is 42.0.